The molecule has 0 saturated heterocycles. The van der Waals surface area contributed by atoms with Crippen molar-refractivity contribution < 1.29 is 36.6 Å². The van der Waals surface area contributed by atoms with Gasteiger partial charge in [0.15, 0.2) is 0 Å². The minimum absolute atomic E-state index is 0.0817. The Morgan fingerprint density at radius 3 is 2.14 bits per heavy atom. The molecule has 186 valence electrons. The van der Waals surface area contributed by atoms with E-state index >= 15 is 0 Å². The number of benzene rings is 3. The quantitative estimate of drug-likeness (QED) is 0.310. The Bertz CT molecular complexity index is 1190. The fourth-order valence-corrected chi connectivity index (χ4v) is 4.24. The zero-order valence-electron chi connectivity index (χ0n) is 18.8. The van der Waals surface area contributed by atoms with E-state index in [2.05, 4.69) is 0 Å². The van der Waals surface area contributed by atoms with Gasteiger partial charge in [-0.1, -0.05) is 55.8 Å². The molecule has 3 nitrogen and oxygen atoms in total. The molecule has 0 radical (unpaired) electrons. The Labute approximate surface area is 204 Å². The summed E-state index contributed by atoms with van der Waals surface area (Å²) in [7, 11) is 0. The molecule has 0 aliphatic rings. The second kappa shape index (κ2) is 10.6. The van der Waals surface area contributed by atoms with Crippen LogP contribution in [-0.2, 0) is 17.6 Å². The first-order chi connectivity index (χ1) is 16.4. The normalized spacial score (nSPS) is 12.6. The molecule has 1 N–H and O–H groups in total. The second-order valence-corrected chi connectivity index (χ2v) is 8.85. The molecule has 3 aromatic rings. The molecule has 3 aromatic carbocycles. The Kier molecular flexibility index (Phi) is 8.05. The van der Waals surface area contributed by atoms with Gasteiger partial charge in [-0.15, -0.1) is 0 Å². The Morgan fingerprint density at radius 2 is 1.63 bits per heavy atom. The van der Waals surface area contributed by atoms with Crippen LogP contribution in [0.3, 0.4) is 0 Å². The van der Waals surface area contributed by atoms with Crippen LogP contribution in [0.5, 0.6) is 5.75 Å². The highest BCUT2D eigenvalue weighted by Crippen LogP contribution is 2.49. The van der Waals surface area contributed by atoms with Crippen molar-refractivity contribution in [2.45, 2.75) is 39.0 Å². The molecule has 0 aliphatic carbocycles. The van der Waals surface area contributed by atoms with Crippen molar-refractivity contribution in [1.82, 2.24) is 0 Å². The molecule has 0 amide bonds. The van der Waals surface area contributed by atoms with Crippen molar-refractivity contribution in [3.8, 4) is 16.9 Å². The molecule has 1 unspecified atom stereocenters. The number of hydrogen-bond acceptors (Lipinski definition) is 2. The van der Waals surface area contributed by atoms with Crippen molar-refractivity contribution in [3.63, 3.8) is 0 Å². The number of aliphatic carboxylic acids is 1. The monoisotopic (exact) mass is 512 g/mol. The first-order valence-corrected chi connectivity index (χ1v) is 11.1. The van der Waals surface area contributed by atoms with Gasteiger partial charge in [-0.05, 0) is 47.2 Å². The smallest absolute Gasteiger partial charge is 0.417 e. The second-order valence-electron chi connectivity index (χ2n) is 8.48. The summed E-state index contributed by atoms with van der Waals surface area (Å²) in [6.07, 6.45) is -5.04. The summed E-state index contributed by atoms with van der Waals surface area (Å²) in [5.74, 6) is -5.22. The zero-order valence-corrected chi connectivity index (χ0v) is 19.6. The fraction of sp³-hybridized carbons (Fsp3) is 0.269. The number of carboxylic acid groups (broad SMARTS) is 1. The summed E-state index contributed by atoms with van der Waals surface area (Å²) in [5, 5.41) is 9.35. The van der Waals surface area contributed by atoms with Gasteiger partial charge in [0.1, 0.15) is 24.0 Å². The highest BCUT2D eigenvalue weighted by Gasteiger charge is 2.42. The Balaban J connectivity index is 2.27. The number of carboxylic acids is 1. The summed E-state index contributed by atoms with van der Waals surface area (Å²) >= 11 is 6.39. The van der Waals surface area contributed by atoms with Gasteiger partial charge in [0, 0.05) is 11.6 Å². The first-order valence-electron chi connectivity index (χ1n) is 10.7. The van der Waals surface area contributed by atoms with Crippen LogP contribution in [0.15, 0.2) is 54.6 Å². The van der Waals surface area contributed by atoms with E-state index in [0.29, 0.717) is 6.07 Å². The third-order valence-corrected chi connectivity index (χ3v) is 5.70. The van der Waals surface area contributed by atoms with Crippen LogP contribution >= 0.6 is 11.6 Å². The van der Waals surface area contributed by atoms with E-state index in [0.717, 1.165) is 18.2 Å². The van der Waals surface area contributed by atoms with Gasteiger partial charge in [-0.2, -0.15) is 13.2 Å². The van der Waals surface area contributed by atoms with Gasteiger partial charge in [-0.3, -0.25) is 4.79 Å². The molecule has 0 bridgehead atoms. The SMILES string of the molecule is CC(C)CC(C(=O)O)c1c(Cl)c(OCc2cc(F)cc(F)c2)cc(-c2ccccc2)c1C(F)(F)F. The van der Waals surface area contributed by atoms with Crippen LogP contribution in [0, 0.1) is 17.6 Å². The van der Waals surface area contributed by atoms with Crippen molar-refractivity contribution in [2.75, 3.05) is 0 Å². The maximum Gasteiger partial charge on any atom is 0.417 e. The lowest BCUT2D eigenvalue weighted by Crippen LogP contribution is -2.21. The largest absolute Gasteiger partial charge is 0.487 e. The van der Waals surface area contributed by atoms with E-state index in [1.54, 1.807) is 32.0 Å². The average Bonchev–Trinajstić information content (AvgIpc) is 2.75. The summed E-state index contributed by atoms with van der Waals surface area (Å²) in [5.41, 5.74) is -1.83. The molecule has 0 spiro atoms. The summed E-state index contributed by atoms with van der Waals surface area (Å²) < 4.78 is 76.0. The van der Waals surface area contributed by atoms with Crippen LogP contribution in [0.4, 0.5) is 22.0 Å². The molecular weight excluding hydrogens is 491 g/mol. The van der Waals surface area contributed by atoms with Gasteiger partial charge in [0.25, 0.3) is 0 Å². The van der Waals surface area contributed by atoms with Crippen LogP contribution in [0.1, 0.15) is 42.9 Å². The molecule has 0 saturated carbocycles. The highest BCUT2D eigenvalue weighted by atomic mass is 35.5. The van der Waals surface area contributed by atoms with Crippen molar-refractivity contribution in [1.29, 1.82) is 0 Å². The van der Waals surface area contributed by atoms with E-state index in [4.69, 9.17) is 16.3 Å². The lowest BCUT2D eigenvalue weighted by Gasteiger charge is -2.26. The van der Waals surface area contributed by atoms with Gasteiger partial charge < -0.3 is 9.84 Å². The minimum Gasteiger partial charge on any atom is -0.487 e. The summed E-state index contributed by atoms with van der Waals surface area (Å²) in [6.45, 7) is 2.97. The van der Waals surface area contributed by atoms with E-state index in [1.807, 2.05) is 0 Å². The molecule has 9 heteroatoms. The van der Waals surface area contributed by atoms with Crippen LogP contribution in [0.2, 0.25) is 5.02 Å². The first kappa shape index (κ1) is 26.5. The van der Waals surface area contributed by atoms with E-state index in [-0.39, 0.29) is 34.8 Å². The standard InChI is InChI=1S/C26H22ClF5O3/c1-14(2)8-20(25(33)34)22-23(26(30,31)32)19(16-6-4-3-5-7-16)12-21(24(22)27)35-13-15-9-17(28)11-18(29)10-15/h3-7,9-12,14,20H,8,13H2,1-2H3,(H,33,34). The van der Waals surface area contributed by atoms with Gasteiger partial charge in [0.2, 0.25) is 0 Å². The number of rotatable bonds is 8. The number of hydrogen-bond donors (Lipinski definition) is 1. The lowest BCUT2D eigenvalue weighted by atomic mass is 9.83. The topological polar surface area (TPSA) is 46.5 Å². The third kappa shape index (κ3) is 6.31. The summed E-state index contributed by atoms with van der Waals surface area (Å²) in [4.78, 5) is 12.1. The molecule has 0 aliphatic heterocycles. The van der Waals surface area contributed by atoms with Crippen molar-refractivity contribution in [3.05, 3.63) is 87.9 Å². The molecule has 35 heavy (non-hydrogen) atoms. The number of ether oxygens (including phenoxy) is 1. The molecule has 3 rings (SSSR count). The third-order valence-electron chi connectivity index (χ3n) is 5.31. The average molecular weight is 513 g/mol. The van der Waals surface area contributed by atoms with E-state index < -0.39 is 52.5 Å². The maximum absolute atomic E-state index is 14.4. The zero-order chi connectivity index (χ0) is 25.9. The Morgan fingerprint density at radius 1 is 1.03 bits per heavy atom. The predicted octanol–water partition coefficient (Wildman–Crippen LogP) is 8.10. The summed E-state index contributed by atoms with van der Waals surface area (Å²) in [6, 6.07) is 11.4. The van der Waals surface area contributed by atoms with Crippen molar-refractivity contribution in [2.24, 2.45) is 5.92 Å². The van der Waals surface area contributed by atoms with Gasteiger partial charge >= 0.3 is 12.1 Å². The van der Waals surface area contributed by atoms with Crippen molar-refractivity contribution >= 4 is 17.6 Å². The molecule has 1 atom stereocenters. The van der Waals surface area contributed by atoms with E-state index in [9.17, 15) is 31.9 Å². The highest BCUT2D eigenvalue weighted by molar-refractivity contribution is 6.33. The lowest BCUT2D eigenvalue weighted by molar-refractivity contribution is -0.141. The molecule has 0 fully saturated rings. The van der Waals surface area contributed by atoms with Gasteiger partial charge in [-0.25, -0.2) is 8.78 Å². The molecule has 0 heterocycles. The number of carbonyl (C=O) groups is 1. The van der Waals surface area contributed by atoms with Gasteiger partial charge in [0.05, 0.1) is 16.5 Å². The van der Waals surface area contributed by atoms with Crippen LogP contribution in [0.25, 0.3) is 11.1 Å². The predicted molar refractivity (Wildman–Crippen MR) is 122 cm³/mol. The van der Waals surface area contributed by atoms with E-state index in [1.165, 1.54) is 12.1 Å². The maximum atomic E-state index is 14.4. The molecule has 0 aromatic heterocycles. The number of alkyl halides is 3. The number of halogens is 6. The fourth-order valence-electron chi connectivity index (χ4n) is 3.91. The minimum atomic E-state index is -4.93. The van der Waals surface area contributed by atoms with Crippen LogP contribution < -0.4 is 4.74 Å². The Hall–Kier alpha value is -3.13. The molecular formula is C26H22ClF5O3. The van der Waals surface area contributed by atoms with Crippen LogP contribution in [-0.4, -0.2) is 11.1 Å².